The van der Waals surface area contributed by atoms with Gasteiger partial charge in [0.25, 0.3) is 5.91 Å². The highest BCUT2D eigenvalue weighted by atomic mass is 32.2. The third kappa shape index (κ3) is 7.53. The fourth-order valence-electron chi connectivity index (χ4n) is 5.09. The number of furan rings is 1. The summed E-state index contributed by atoms with van der Waals surface area (Å²) in [6.07, 6.45) is 3.17. The molecule has 1 unspecified atom stereocenters. The van der Waals surface area contributed by atoms with Gasteiger partial charge in [0, 0.05) is 16.6 Å². The lowest BCUT2D eigenvalue weighted by atomic mass is 9.98. The molecule has 4 aromatic rings. The van der Waals surface area contributed by atoms with E-state index < -0.39 is 22.0 Å². The Hall–Kier alpha value is -3.95. The molecule has 2 N–H and O–H groups in total. The molecule has 0 fully saturated rings. The minimum Gasteiger partial charge on any atom is -0.468 e. The van der Waals surface area contributed by atoms with Crippen molar-refractivity contribution in [3.8, 4) is 11.1 Å². The number of benzene rings is 3. The van der Waals surface area contributed by atoms with Gasteiger partial charge in [-0.3, -0.25) is 9.59 Å². The van der Waals surface area contributed by atoms with E-state index in [1.54, 1.807) is 38.1 Å². The normalized spacial score (nSPS) is 12.6. The zero-order valence-corrected chi connectivity index (χ0v) is 26.4. The number of aryl methyl sites for hydroxylation is 2. The van der Waals surface area contributed by atoms with Crippen LogP contribution in [0.2, 0.25) is 0 Å². The van der Waals surface area contributed by atoms with E-state index in [2.05, 4.69) is 30.0 Å². The van der Waals surface area contributed by atoms with E-state index in [-0.39, 0.29) is 16.7 Å². The lowest BCUT2D eigenvalue weighted by molar-refractivity contribution is -0.143. The summed E-state index contributed by atoms with van der Waals surface area (Å²) < 4.78 is 38.9. The Morgan fingerprint density at radius 2 is 1.53 bits per heavy atom. The van der Waals surface area contributed by atoms with E-state index in [1.165, 1.54) is 24.8 Å². The maximum absolute atomic E-state index is 13.2. The summed E-state index contributed by atoms with van der Waals surface area (Å²) in [7, 11) is -2.71. The molecule has 1 heterocycles. The van der Waals surface area contributed by atoms with Crippen molar-refractivity contribution in [2.45, 2.75) is 64.8 Å². The second-order valence-electron chi connectivity index (χ2n) is 11.6. The van der Waals surface area contributed by atoms with Gasteiger partial charge in [-0.2, -0.15) is 4.72 Å². The van der Waals surface area contributed by atoms with Crippen molar-refractivity contribution in [2.24, 2.45) is 11.8 Å². The van der Waals surface area contributed by atoms with Crippen LogP contribution >= 0.6 is 0 Å². The van der Waals surface area contributed by atoms with Gasteiger partial charge in [-0.25, -0.2) is 8.42 Å². The molecular formula is C34H40N2O6S. The van der Waals surface area contributed by atoms with Crippen molar-refractivity contribution in [2.75, 3.05) is 12.4 Å². The topological polar surface area (TPSA) is 115 Å². The molecular weight excluding hydrogens is 564 g/mol. The summed E-state index contributed by atoms with van der Waals surface area (Å²) in [5.41, 5.74) is 4.99. The first kappa shape index (κ1) is 32.0. The maximum atomic E-state index is 13.2. The van der Waals surface area contributed by atoms with E-state index in [1.807, 2.05) is 31.2 Å². The zero-order valence-electron chi connectivity index (χ0n) is 25.6. The molecule has 0 aliphatic rings. The summed E-state index contributed by atoms with van der Waals surface area (Å²) >= 11 is 0. The highest BCUT2D eigenvalue weighted by molar-refractivity contribution is 7.89. The molecule has 0 bridgehead atoms. The predicted octanol–water partition coefficient (Wildman–Crippen LogP) is 7.12. The Morgan fingerprint density at radius 3 is 2.12 bits per heavy atom. The molecule has 9 heteroatoms. The minimum atomic E-state index is -3.94. The first-order valence-corrected chi connectivity index (χ1v) is 16.0. The summed E-state index contributed by atoms with van der Waals surface area (Å²) in [5, 5.41) is 3.94. The van der Waals surface area contributed by atoms with Crippen LogP contribution in [0.15, 0.2) is 76.0 Å². The highest BCUT2D eigenvalue weighted by Gasteiger charge is 2.29. The number of nitrogens with one attached hydrogen (secondary N) is 2. The van der Waals surface area contributed by atoms with Crippen LogP contribution in [0, 0.1) is 18.8 Å². The van der Waals surface area contributed by atoms with Gasteiger partial charge in [0.2, 0.25) is 10.0 Å². The quantitative estimate of drug-likeness (QED) is 0.167. The molecule has 1 atom stereocenters. The molecule has 4 rings (SSSR count). The average Bonchev–Trinajstić information content (AvgIpc) is 3.33. The molecule has 0 radical (unpaired) electrons. The third-order valence-corrected chi connectivity index (χ3v) is 8.98. The summed E-state index contributed by atoms with van der Waals surface area (Å²) in [6, 6.07) is 18.6. The number of rotatable bonds is 12. The number of carbonyl (C=O) groups excluding carboxylic acids is 2. The largest absolute Gasteiger partial charge is 0.468 e. The Kier molecular flexibility index (Phi) is 10.1. The summed E-state index contributed by atoms with van der Waals surface area (Å²) in [4.78, 5) is 25.2. The van der Waals surface area contributed by atoms with Crippen LogP contribution in [-0.2, 0) is 26.0 Å². The van der Waals surface area contributed by atoms with Crippen molar-refractivity contribution >= 4 is 38.6 Å². The Morgan fingerprint density at radius 1 is 0.907 bits per heavy atom. The van der Waals surface area contributed by atoms with E-state index in [9.17, 15) is 18.0 Å². The fourth-order valence-corrected chi connectivity index (χ4v) is 6.43. The number of fused-ring (bicyclic) bond motifs is 1. The van der Waals surface area contributed by atoms with Gasteiger partial charge < -0.3 is 14.5 Å². The molecule has 228 valence electrons. The molecule has 43 heavy (non-hydrogen) atoms. The number of anilines is 1. The van der Waals surface area contributed by atoms with Crippen LogP contribution in [0.25, 0.3) is 22.1 Å². The molecule has 0 aliphatic carbocycles. The first-order valence-electron chi connectivity index (χ1n) is 14.5. The predicted molar refractivity (Wildman–Crippen MR) is 170 cm³/mol. The fraction of sp³-hybridized carbons (Fsp3) is 0.353. The number of hydrogen-bond acceptors (Lipinski definition) is 6. The van der Waals surface area contributed by atoms with Gasteiger partial charge in [0.05, 0.1) is 12.0 Å². The van der Waals surface area contributed by atoms with Gasteiger partial charge in [0.1, 0.15) is 11.6 Å². The number of esters is 1. The van der Waals surface area contributed by atoms with E-state index in [0.717, 1.165) is 41.3 Å². The molecule has 0 saturated carbocycles. The van der Waals surface area contributed by atoms with Crippen LogP contribution in [0.5, 0.6) is 0 Å². The number of carbonyl (C=O) groups is 2. The van der Waals surface area contributed by atoms with Crippen molar-refractivity contribution in [1.82, 2.24) is 4.72 Å². The van der Waals surface area contributed by atoms with Crippen molar-refractivity contribution in [1.29, 1.82) is 0 Å². The number of methoxy groups -OCH3 is 1. The monoisotopic (exact) mass is 604 g/mol. The van der Waals surface area contributed by atoms with Gasteiger partial charge >= 0.3 is 5.97 Å². The van der Waals surface area contributed by atoms with Crippen LogP contribution in [-0.4, -0.2) is 33.4 Å². The van der Waals surface area contributed by atoms with Crippen LogP contribution in [0.1, 0.15) is 62.2 Å². The van der Waals surface area contributed by atoms with Crippen LogP contribution in [0.4, 0.5) is 5.69 Å². The van der Waals surface area contributed by atoms with E-state index >= 15 is 0 Å². The molecule has 0 saturated heterocycles. The van der Waals surface area contributed by atoms with Gasteiger partial charge in [0.15, 0.2) is 5.76 Å². The average molecular weight is 605 g/mol. The Balaban J connectivity index is 1.46. The van der Waals surface area contributed by atoms with Crippen molar-refractivity contribution < 1.29 is 27.2 Å². The molecule has 1 aromatic heterocycles. The van der Waals surface area contributed by atoms with E-state index in [4.69, 9.17) is 9.15 Å². The highest BCUT2D eigenvalue weighted by Crippen LogP contribution is 2.31. The maximum Gasteiger partial charge on any atom is 0.324 e. The Bertz CT molecular complexity index is 1690. The first-order chi connectivity index (χ1) is 20.4. The second kappa shape index (κ2) is 13.6. The number of sulfonamides is 1. The number of ether oxygens (including phenoxy) is 1. The van der Waals surface area contributed by atoms with Gasteiger partial charge in [-0.05, 0) is 78.6 Å². The number of hydrogen-bond donors (Lipinski definition) is 2. The van der Waals surface area contributed by atoms with Crippen molar-refractivity contribution in [3.63, 3.8) is 0 Å². The molecule has 1 amide bonds. The smallest absolute Gasteiger partial charge is 0.324 e. The summed E-state index contributed by atoms with van der Waals surface area (Å²) in [6.45, 7) is 9.84. The zero-order chi connectivity index (χ0) is 31.3. The minimum absolute atomic E-state index is 0.0407. The molecule has 0 spiro atoms. The molecule has 8 nitrogen and oxygen atoms in total. The molecule has 0 aliphatic heterocycles. The number of amides is 1. The van der Waals surface area contributed by atoms with Crippen molar-refractivity contribution in [3.05, 3.63) is 83.6 Å². The van der Waals surface area contributed by atoms with Crippen LogP contribution in [0.3, 0.4) is 0 Å². The summed E-state index contributed by atoms with van der Waals surface area (Å²) in [5.74, 6) is -0.295. The lowest BCUT2D eigenvalue weighted by Crippen LogP contribution is -2.44. The van der Waals surface area contributed by atoms with Gasteiger partial charge in [-0.1, -0.05) is 70.5 Å². The standard InChI is InChI=1S/C34H40N2O6S/c1-21(2)9-7-10-26-11-8-12-29-30(26)23(5)32(42-29)33(37)35-27-17-13-24(14-18-27)25-15-19-28(20-16-25)43(39,40)36-31(22(3)4)34(38)41-6/h8,11-22,31,36H,7,9-10H2,1-6H3,(H,35,37). The third-order valence-electron chi connectivity index (χ3n) is 7.52. The van der Waals surface area contributed by atoms with E-state index in [0.29, 0.717) is 22.9 Å². The second-order valence-corrected chi connectivity index (χ2v) is 13.3. The Labute approximate surface area is 253 Å². The lowest BCUT2D eigenvalue weighted by Gasteiger charge is -2.19. The SMILES string of the molecule is COC(=O)C(NS(=O)(=O)c1ccc(-c2ccc(NC(=O)c3oc4cccc(CCCC(C)C)c4c3C)cc2)cc1)C(C)C. The van der Waals surface area contributed by atoms with Crippen LogP contribution < -0.4 is 10.0 Å². The molecule has 3 aromatic carbocycles. The van der Waals surface area contributed by atoms with Gasteiger partial charge in [-0.15, -0.1) is 0 Å².